The third-order valence-electron chi connectivity index (χ3n) is 7.05. The molecular formula is C24H28N4O2. The maximum atomic E-state index is 12.9. The SMILES string of the molecule is Cc1ccccc1CC(=O)N1CCC2(CC1)CN(C)C(=O)c1cnc(C3CC3)nc12. The maximum absolute atomic E-state index is 12.9. The first kappa shape index (κ1) is 19.2. The molecule has 3 aliphatic rings. The van der Waals surface area contributed by atoms with Crippen LogP contribution >= 0.6 is 0 Å². The van der Waals surface area contributed by atoms with Crippen LogP contribution in [0.5, 0.6) is 0 Å². The molecule has 0 unspecified atom stereocenters. The smallest absolute Gasteiger partial charge is 0.257 e. The molecule has 1 aromatic heterocycles. The van der Waals surface area contributed by atoms with Gasteiger partial charge in [-0.15, -0.1) is 0 Å². The number of carbonyl (C=O) groups excluding carboxylic acids is 2. The van der Waals surface area contributed by atoms with Gasteiger partial charge in [0.2, 0.25) is 5.91 Å². The lowest BCUT2D eigenvalue weighted by molar-refractivity contribution is -0.132. The van der Waals surface area contributed by atoms with E-state index in [4.69, 9.17) is 4.98 Å². The predicted octanol–water partition coefficient (Wildman–Crippen LogP) is 2.85. The van der Waals surface area contributed by atoms with Crippen molar-refractivity contribution in [3.8, 4) is 0 Å². The molecule has 6 heteroatoms. The van der Waals surface area contributed by atoms with E-state index in [0.717, 1.165) is 48.3 Å². The summed E-state index contributed by atoms with van der Waals surface area (Å²) in [6, 6.07) is 8.08. The summed E-state index contributed by atoms with van der Waals surface area (Å²) in [6.45, 7) is 4.13. The van der Waals surface area contributed by atoms with Crippen LogP contribution in [-0.2, 0) is 16.6 Å². The molecule has 2 aromatic rings. The molecule has 0 atom stereocenters. The summed E-state index contributed by atoms with van der Waals surface area (Å²) in [4.78, 5) is 38.9. The summed E-state index contributed by atoms with van der Waals surface area (Å²) in [7, 11) is 1.86. The van der Waals surface area contributed by atoms with Crippen molar-refractivity contribution in [2.45, 2.75) is 50.4 Å². The van der Waals surface area contributed by atoms with Crippen molar-refractivity contribution in [1.82, 2.24) is 19.8 Å². The van der Waals surface area contributed by atoms with Gasteiger partial charge in [-0.3, -0.25) is 9.59 Å². The van der Waals surface area contributed by atoms with Gasteiger partial charge < -0.3 is 9.80 Å². The van der Waals surface area contributed by atoms with Crippen molar-refractivity contribution >= 4 is 11.8 Å². The van der Waals surface area contributed by atoms with Gasteiger partial charge in [0, 0.05) is 44.2 Å². The molecule has 6 nitrogen and oxygen atoms in total. The summed E-state index contributed by atoms with van der Waals surface area (Å²) in [5.41, 5.74) is 3.65. The van der Waals surface area contributed by atoms with Crippen molar-refractivity contribution in [1.29, 1.82) is 0 Å². The first-order chi connectivity index (χ1) is 14.5. The van der Waals surface area contributed by atoms with E-state index < -0.39 is 0 Å². The number of aryl methyl sites for hydroxylation is 1. The highest BCUT2D eigenvalue weighted by atomic mass is 16.2. The van der Waals surface area contributed by atoms with Gasteiger partial charge in [-0.2, -0.15) is 0 Å². The van der Waals surface area contributed by atoms with Crippen molar-refractivity contribution in [2.75, 3.05) is 26.7 Å². The monoisotopic (exact) mass is 404 g/mol. The van der Waals surface area contributed by atoms with Crippen LogP contribution in [0.2, 0.25) is 0 Å². The Kier molecular flexibility index (Phi) is 4.60. The number of hydrogen-bond donors (Lipinski definition) is 0. The van der Waals surface area contributed by atoms with E-state index in [0.29, 0.717) is 37.5 Å². The summed E-state index contributed by atoms with van der Waals surface area (Å²) >= 11 is 0. The van der Waals surface area contributed by atoms with Gasteiger partial charge in [-0.05, 0) is 43.7 Å². The number of likely N-dealkylation sites (N-methyl/N-ethyl adjacent to an activating group) is 1. The van der Waals surface area contributed by atoms with Crippen LogP contribution in [0.25, 0.3) is 0 Å². The van der Waals surface area contributed by atoms with E-state index >= 15 is 0 Å². The van der Waals surface area contributed by atoms with Crippen molar-refractivity contribution in [3.05, 3.63) is 58.7 Å². The maximum Gasteiger partial charge on any atom is 0.257 e. The molecular weight excluding hydrogens is 376 g/mol. The Morgan fingerprint density at radius 2 is 1.93 bits per heavy atom. The van der Waals surface area contributed by atoms with E-state index in [1.54, 1.807) is 11.1 Å². The first-order valence-electron chi connectivity index (χ1n) is 10.9. The Morgan fingerprint density at radius 1 is 1.20 bits per heavy atom. The molecule has 2 amide bonds. The zero-order chi connectivity index (χ0) is 20.9. The second-order valence-electron chi connectivity index (χ2n) is 9.19. The molecule has 2 aliphatic heterocycles. The fourth-order valence-corrected chi connectivity index (χ4v) is 4.96. The van der Waals surface area contributed by atoms with Crippen molar-refractivity contribution < 1.29 is 9.59 Å². The number of benzene rings is 1. The minimum Gasteiger partial charge on any atom is -0.342 e. The number of likely N-dealkylation sites (tertiary alicyclic amines) is 1. The number of hydrogen-bond acceptors (Lipinski definition) is 4. The molecule has 0 bridgehead atoms. The zero-order valence-corrected chi connectivity index (χ0v) is 17.7. The first-order valence-corrected chi connectivity index (χ1v) is 10.9. The number of nitrogens with zero attached hydrogens (tertiary/aromatic N) is 4. The lowest BCUT2D eigenvalue weighted by atomic mass is 9.71. The highest BCUT2D eigenvalue weighted by molar-refractivity contribution is 5.96. The molecule has 0 N–H and O–H groups in total. The largest absolute Gasteiger partial charge is 0.342 e. The van der Waals surface area contributed by atoms with Crippen molar-refractivity contribution in [2.24, 2.45) is 0 Å². The lowest BCUT2D eigenvalue weighted by Gasteiger charge is -2.46. The minimum absolute atomic E-state index is 0.0102. The number of piperidine rings is 1. The molecule has 30 heavy (non-hydrogen) atoms. The molecule has 2 fully saturated rings. The number of amides is 2. The molecule has 3 heterocycles. The summed E-state index contributed by atoms with van der Waals surface area (Å²) < 4.78 is 0. The van der Waals surface area contributed by atoms with Crippen LogP contribution in [0.3, 0.4) is 0 Å². The van der Waals surface area contributed by atoms with Gasteiger partial charge in [0.15, 0.2) is 0 Å². The van der Waals surface area contributed by atoms with Gasteiger partial charge in [-0.1, -0.05) is 24.3 Å². The van der Waals surface area contributed by atoms with Crippen LogP contribution in [0.15, 0.2) is 30.5 Å². The summed E-state index contributed by atoms with van der Waals surface area (Å²) in [6.07, 6.45) is 6.13. The van der Waals surface area contributed by atoms with Crippen LogP contribution < -0.4 is 0 Å². The number of rotatable bonds is 3. The second kappa shape index (κ2) is 7.18. The highest BCUT2D eigenvalue weighted by Gasteiger charge is 2.46. The second-order valence-corrected chi connectivity index (χ2v) is 9.19. The molecule has 1 saturated carbocycles. The fraction of sp³-hybridized carbons (Fsp3) is 0.500. The Morgan fingerprint density at radius 3 is 2.63 bits per heavy atom. The Hall–Kier alpha value is -2.76. The van der Waals surface area contributed by atoms with Crippen LogP contribution in [0, 0.1) is 6.92 Å². The standard InChI is InChI=1S/C24H28N4O2/c1-16-5-3-4-6-18(16)13-20(29)28-11-9-24(10-12-28)15-27(2)23(30)19-14-25-22(17-7-8-17)26-21(19)24/h3-6,14,17H,7-13,15H2,1-2H3. The molecule has 1 saturated heterocycles. The molecule has 5 rings (SSSR count). The Balaban J connectivity index is 1.36. The number of carbonyl (C=O) groups is 2. The lowest BCUT2D eigenvalue weighted by Crippen LogP contribution is -2.54. The molecule has 156 valence electrons. The van der Waals surface area contributed by atoms with Crippen LogP contribution in [0.1, 0.15) is 64.6 Å². The molecule has 1 spiro atoms. The molecule has 1 aromatic carbocycles. The van der Waals surface area contributed by atoms with Crippen LogP contribution in [-0.4, -0.2) is 58.3 Å². The summed E-state index contributed by atoms with van der Waals surface area (Å²) in [5, 5.41) is 0. The predicted molar refractivity (Wildman–Crippen MR) is 113 cm³/mol. The quantitative estimate of drug-likeness (QED) is 0.789. The fourth-order valence-electron chi connectivity index (χ4n) is 4.96. The Bertz CT molecular complexity index is 1010. The van der Waals surface area contributed by atoms with E-state index in [-0.39, 0.29) is 17.2 Å². The average molecular weight is 405 g/mol. The average Bonchev–Trinajstić information content (AvgIpc) is 3.59. The third-order valence-corrected chi connectivity index (χ3v) is 7.05. The Labute approximate surface area is 177 Å². The topological polar surface area (TPSA) is 66.4 Å². The van der Waals surface area contributed by atoms with Gasteiger partial charge in [-0.25, -0.2) is 9.97 Å². The van der Waals surface area contributed by atoms with Gasteiger partial charge in [0.05, 0.1) is 17.7 Å². The van der Waals surface area contributed by atoms with E-state index in [9.17, 15) is 9.59 Å². The van der Waals surface area contributed by atoms with Gasteiger partial charge in [0.1, 0.15) is 5.82 Å². The van der Waals surface area contributed by atoms with E-state index in [2.05, 4.69) is 18.0 Å². The third kappa shape index (κ3) is 3.28. The number of aromatic nitrogens is 2. The van der Waals surface area contributed by atoms with E-state index in [1.807, 2.05) is 30.1 Å². The summed E-state index contributed by atoms with van der Waals surface area (Å²) in [5.74, 6) is 1.54. The highest BCUT2D eigenvalue weighted by Crippen LogP contribution is 2.43. The normalized spacial score (nSPS) is 20.4. The number of fused-ring (bicyclic) bond motifs is 2. The van der Waals surface area contributed by atoms with Crippen LogP contribution in [0.4, 0.5) is 0 Å². The zero-order valence-electron chi connectivity index (χ0n) is 17.7. The molecule has 0 radical (unpaired) electrons. The van der Waals surface area contributed by atoms with Gasteiger partial charge in [0.25, 0.3) is 5.91 Å². The van der Waals surface area contributed by atoms with Crippen molar-refractivity contribution in [3.63, 3.8) is 0 Å². The van der Waals surface area contributed by atoms with E-state index in [1.165, 1.54) is 0 Å². The minimum atomic E-state index is -0.177. The molecule has 1 aliphatic carbocycles. The van der Waals surface area contributed by atoms with Gasteiger partial charge >= 0.3 is 0 Å².